The molecular formula is C30H40N4O4. The van der Waals surface area contributed by atoms with Crippen molar-refractivity contribution < 1.29 is 14.4 Å². The van der Waals surface area contributed by atoms with Gasteiger partial charge < -0.3 is 9.88 Å². The lowest BCUT2D eigenvalue weighted by molar-refractivity contribution is -0.126. The Morgan fingerprint density at radius 3 is 2.24 bits per heavy atom. The quantitative estimate of drug-likeness (QED) is 0.499. The topological polar surface area (TPSA) is 109 Å². The Morgan fingerprint density at radius 2 is 1.53 bits per heavy atom. The van der Waals surface area contributed by atoms with E-state index in [9.17, 15) is 19.2 Å². The number of nitrogens with zero attached hydrogens (tertiary/aromatic N) is 1. The molecule has 8 nitrogen and oxygen atoms in total. The van der Waals surface area contributed by atoms with Crippen LogP contribution in [0.3, 0.4) is 0 Å². The molecule has 8 heteroatoms. The highest BCUT2D eigenvalue weighted by molar-refractivity contribution is 6.00. The predicted octanol–water partition coefficient (Wildman–Crippen LogP) is 4.06. The second kappa shape index (κ2) is 12.4. The highest BCUT2D eigenvalue weighted by Gasteiger charge is 2.32. The van der Waals surface area contributed by atoms with Gasteiger partial charge in [-0.2, -0.15) is 0 Å². The number of rotatable bonds is 6. The summed E-state index contributed by atoms with van der Waals surface area (Å²) in [6.07, 6.45) is 11.9. The molecule has 0 spiro atoms. The summed E-state index contributed by atoms with van der Waals surface area (Å²) in [6, 6.07) is 10.3. The average molecular weight is 521 g/mol. The van der Waals surface area contributed by atoms with Crippen molar-refractivity contribution in [1.82, 2.24) is 20.7 Å². The Balaban J connectivity index is 1.53. The molecule has 2 aliphatic rings. The van der Waals surface area contributed by atoms with Gasteiger partial charge in [-0.25, -0.2) is 0 Å². The smallest absolute Gasteiger partial charge is 0.269 e. The van der Waals surface area contributed by atoms with Crippen molar-refractivity contribution in [3.63, 3.8) is 0 Å². The molecule has 2 aromatic rings. The number of amides is 3. The van der Waals surface area contributed by atoms with Crippen molar-refractivity contribution in [2.45, 2.75) is 96.6 Å². The number of aromatic nitrogens is 1. The van der Waals surface area contributed by atoms with E-state index in [0.717, 1.165) is 62.6 Å². The number of fused-ring (bicyclic) bond motifs is 1. The van der Waals surface area contributed by atoms with E-state index in [-0.39, 0.29) is 11.1 Å². The number of carbonyl (C=O) groups is 3. The molecule has 2 aliphatic carbocycles. The van der Waals surface area contributed by atoms with Crippen molar-refractivity contribution in [2.75, 3.05) is 0 Å². The molecule has 204 valence electrons. The number of carbonyl (C=O) groups excluding carboxylic acids is 3. The van der Waals surface area contributed by atoms with E-state index in [1.807, 2.05) is 4.57 Å². The van der Waals surface area contributed by atoms with Gasteiger partial charge in [-0.3, -0.25) is 30.0 Å². The zero-order chi connectivity index (χ0) is 27.1. The minimum atomic E-state index is -1.37. The van der Waals surface area contributed by atoms with Crippen molar-refractivity contribution >= 4 is 17.7 Å². The molecule has 3 N–H and O–H groups in total. The molecule has 0 saturated heterocycles. The van der Waals surface area contributed by atoms with Crippen LogP contribution in [-0.4, -0.2) is 27.8 Å². The molecule has 0 atom stereocenters. The molecule has 0 unspecified atom stereocenters. The van der Waals surface area contributed by atoms with Crippen molar-refractivity contribution in [3.05, 3.63) is 69.1 Å². The number of aryl methyl sites for hydroxylation is 1. The monoisotopic (exact) mass is 520 g/mol. The van der Waals surface area contributed by atoms with Gasteiger partial charge in [-0.15, -0.1) is 0 Å². The molecule has 0 radical (unpaired) electrons. The van der Waals surface area contributed by atoms with Gasteiger partial charge in [0.1, 0.15) is 11.1 Å². The summed E-state index contributed by atoms with van der Waals surface area (Å²) in [5, 5.41) is 2.73. The fraction of sp³-hybridized carbons (Fsp3) is 0.533. The molecule has 1 aromatic carbocycles. The lowest BCUT2D eigenvalue weighted by atomic mass is 9.88. The van der Waals surface area contributed by atoms with Gasteiger partial charge in [0.05, 0.1) is 0 Å². The van der Waals surface area contributed by atoms with E-state index in [0.29, 0.717) is 18.0 Å². The maximum absolute atomic E-state index is 13.7. The van der Waals surface area contributed by atoms with Crippen LogP contribution in [0.2, 0.25) is 0 Å². The fourth-order valence-corrected chi connectivity index (χ4v) is 5.56. The first-order valence-electron chi connectivity index (χ1n) is 14.0. The lowest BCUT2D eigenvalue weighted by Crippen LogP contribution is -2.59. The highest BCUT2D eigenvalue weighted by Crippen LogP contribution is 2.27. The maximum atomic E-state index is 13.7. The number of benzene rings is 1. The third-order valence-corrected chi connectivity index (χ3v) is 7.83. The minimum absolute atomic E-state index is 0.0781. The molecule has 1 fully saturated rings. The summed E-state index contributed by atoms with van der Waals surface area (Å²) in [7, 11) is 0. The van der Waals surface area contributed by atoms with E-state index in [1.165, 1.54) is 19.3 Å². The first-order valence-corrected chi connectivity index (χ1v) is 14.0. The fourth-order valence-electron chi connectivity index (χ4n) is 5.56. The molecule has 1 saturated carbocycles. The largest absolute Gasteiger partial charge is 0.338 e. The molecule has 0 aliphatic heterocycles. The zero-order valence-corrected chi connectivity index (χ0v) is 22.6. The Kier molecular flexibility index (Phi) is 9.02. The number of pyridine rings is 1. The van der Waals surface area contributed by atoms with Crippen LogP contribution in [-0.2, 0) is 24.2 Å². The van der Waals surface area contributed by atoms with Gasteiger partial charge in [0, 0.05) is 17.8 Å². The van der Waals surface area contributed by atoms with Gasteiger partial charge in [-0.05, 0) is 82.1 Å². The zero-order valence-electron chi connectivity index (χ0n) is 22.6. The first-order chi connectivity index (χ1) is 18.3. The Hall–Kier alpha value is -3.42. The third kappa shape index (κ3) is 6.71. The SMILES string of the molecule is CC(C)(NC(=O)c1cc2c(n(CC3CCCCC3)c1=O)CCCCCC2)C(=O)NNC(=O)c1ccccc1. The van der Waals surface area contributed by atoms with Crippen LogP contribution in [0.25, 0.3) is 0 Å². The summed E-state index contributed by atoms with van der Waals surface area (Å²) in [5.41, 5.74) is 5.75. The van der Waals surface area contributed by atoms with Crippen LogP contribution in [0, 0.1) is 5.92 Å². The third-order valence-electron chi connectivity index (χ3n) is 7.83. The predicted molar refractivity (Wildman–Crippen MR) is 147 cm³/mol. The van der Waals surface area contributed by atoms with Gasteiger partial charge in [0.2, 0.25) is 0 Å². The summed E-state index contributed by atoms with van der Waals surface area (Å²) in [6.45, 7) is 3.74. The second-order valence-corrected chi connectivity index (χ2v) is 11.2. The lowest BCUT2D eigenvalue weighted by Gasteiger charge is -2.28. The van der Waals surface area contributed by atoms with Crippen molar-refractivity contribution in [3.8, 4) is 0 Å². The van der Waals surface area contributed by atoms with Gasteiger partial charge in [0.15, 0.2) is 0 Å². The summed E-state index contributed by atoms with van der Waals surface area (Å²) in [5.74, 6) is -1.19. The standard InChI is InChI=1S/C30H40N4O4/c1-30(2,29(38)33-32-26(35)22-15-10-6-11-16-22)31-27(36)24-19-23-17-9-3-4-12-18-25(23)34(28(24)37)20-21-13-7-5-8-14-21/h6,10-11,15-16,19,21H,3-5,7-9,12-14,17-18,20H2,1-2H3,(H,31,36)(H,32,35)(H,33,38). The number of hydrogen-bond acceptors (Lipinski definition) is 4. The second-order valence-electron chi connectivity index (χ2n) is 11.2. The van der Waals surface area contributed by atoms with Crippen LogP contribution in [0.5, 0.6) is 0 Å². The molecular weight excluding hydrogens is 480 g/mol. The normalized spacial score (nSPS) is 16.5. The van der Waals surface area contributed by atoms with Crippen LogP contribution in [0.15, 0.2) is 41.2 Å². The molecule has 0 bridgehead atoms. The van der Waals surface area contributed by atoms with Crippen molar-refractivity contribution in [2.24, 2.45) is 5.92 Å². The molecule has 1 heterocycles. The van der Waals surface area contributed by atoms with E-state index in [2.05, 4.69) is 16.2 Å². The van der Waals surface area contributed by atoms with Crippen LogP contribution >= 0.6 is 0 Å². The molecule has 1 aromatic heterocycles. The van der Waals surface area contributed by atoms with E-state index < -0.39 is 23.3 Å². The number of hydrogen-bond donors (Lipinski definition) is 3. The first kappa shape index (κ1) is 27.6. The van der Waals surface area contributed by atoms with Crippen LogP contribution < -0.4 is 21.7 Å². The maximum Gasteiger partial charge on any atom is 0.269 e. The van der Waals surface area contributed by atoms with Crippen molar-refractivity contribution in [1.29, 1.82) is 0 Å². The number of nitrogens with one attached hydrogen (secondary N) is 3. The molecule has 38 heavy (non-hydrogen) atoms. The molecule has 4 rings (SSSR count). The van der Waals surface area contributed by atoms with Gasteiger partial charge in [0.25, 0.3) is 23.3 Å². The summed E-state index contributed by atoms with van der Waals surface area (Å²) in [4.78, 5) is 52.3. The van der Waals surface area contributed by atoms with E-state index in [1.54, 1.807) is 50.2 Å². The summed E-state index contributed by atoms with van der Waals surface area (Å²) >= 11 is 0. The van der Waals surface area contributed by atoms with Gasteiger partial charge >= 0.3 is 0 Å². The van der Waals surface area contributed by atoms with E-state index in [4.69, 9.17) is 0 Å². The molecule has 3 amide bonds. The minimum Gasteiger partial charge on any atom is -0.338 e. The van der Waals surface area contributed by atoms with Gasteiger partial charge in [-0.1, -0.05) is 50.3 Å². The van der Waals surface area contributed by atoms with E-state index >= 15 is 0 Å². The highest BCUT2D eigenvalue weighted by atomic mass is 16.2. The Morgan fingerprint density at radius 1 is 0.868 bits per heavy atom. The van der Waals surface area contributed by atoms with Crippen LogP contribution in [0.1, 0.15) is 104 Å². The average Bonchev–Trinajstić information content (AvgIpc) is 2.90. The summed E-state index contributed by atoms with van der Waals surface area (Å²) < 4.78 is 1.87. The van der Waals surface area contributed by atoms with Crippen LogP contribution in [0.4, 0.5) is 0 Å². The Labute approximate surface area is 224 Å². The number of hydrazine groups is 1. The Bertz CT molecular complexity index is 1210.